The van der Waals surface area contributed by atoms with Gasteiger partial charge in [-0.05, 0) is 25.3 Å². The second-order valence-corrected chi connectivity index (χ2v) is 6.29. The number of alkyl halides is 1. The molecule has 0 aliphatic carbocycles. The molecule has 3 atom stereocenters. The normalized spacial score (nSPS) is 24.3. The second-order valence-electron chi connectivity index (χ2n) is 6.29. The van der Waals surface area contributed by atoms with E-state index in [-0.39, 0.29) is 6.61 Å². The lowest BCUT2D eigenvalue weighted by atomic mass is 9.96. The van der Waals surface area contributed by atoms with Crippen molar-refractivity contribution in [1.29, 1.82) is 0 Å². The largest absolute Gasteiger partial charge is 0.374 e. The van der Waals surface area contributed by atoms with Crippen LogP contribution in [0.15, 0.2) is 52.2 Å². The number of nitrogens with one attached hydrogen (secondary N) is 1. The Hall–Kier alpha value is -2.25. The van der Waals surface area contributed by atoms with Crippen LogP contribution in [0.5, 0.6) is 0 Å². The third kappa shape index (κ3) is 3.88. The Bertz CT molecular complexity index is 818. The summed E-state index contributed by atoms with van der Waals surface area (Å²) in [5, 5.41) is 0. The summed E-state index contributed by atoms with van der Waals surface area (Å²) in [6.45, 7) is 1.89. The van der Waals surface area contributed by atoms with Gasteiger partial charge in [0.2, 0.25) is 0 Å². The van der Waals surface area contributed by atoms with Crippen LogP contribution in [0.3, 0.4) is 0 Å². The van der Waals surface area contributed by atoms with Gasteiger partial charge in [-0.15, -0.1) is 0 Å². The molecule has 0 spiro atoms. The Morgan fingerprint density at radius 2 is 2.12 bits per heavy atom. The molecule has 0 saturated carbocycles. The Labute approximate surface area is 144 Å². The van der Waals surface area contributed by atoms with Crippen molar-refractivity contribution < 1.29 is 13.9 Å². The molecule has 1 fully saturated rings. The number of aromatic amines is 1. The average Bonchev–Trinajstić information content (AvgIpc) is 3.01. The highest BCUT2D eigenvalue weighted by molar-refractivity contribution is 5.13. The fraction of sp³-hybridized carbons (Fsp3) is 0.444. The minimum atomic E-state index is -1.26. The molecule has 2 aromatic rings. The summed E-state index contributed by atoms with van der Waals surface area (Å²) in [5.41, 5.74) is -1.15. The molecule has 1 aliphatic heterocycles. The van der Waals surface area contributed by atoms with Crippen molar-refractivity contribution >= 4 is 0 Å². The predicted octanol–water partition coefficient (Wildman–Crippen LogP) is 2.16. The van der Waals surface area contributed by atoms with Crippen LogP contribution >= 0.6 is 0 Å². The van der Waals surface area contributed by atoms with Gasteiger partial charge < -0.3 is 9.47 Å². The zero-order chi connectivity index (χ0) is 17.9. The number of halogens is 1. The lowest BCUT2D eigenvalue weighted by Gasteiger charge is -2.31. The number of aromatic nitrogens is 2. The minimum absolute atomic E-state index is 0.0914. The van der Waals surface area contributed by atoms with E-state index in [1.165, 1.54) is 23.8 Å². The first-order valence-corrected chi connectivity index (χ1v) is 8.25. The molecule has 1 aliphatic rings. The number of nitrogens with zero attached hydrogens (tertiary/aromatic N) is 1. The van der Waals surface area contributed by atoms with Crippen LogP contribution in [0, 0.1) is 0 Å². The van der Waals surface area contributed by atoms with Gasteiger partial charge in [-0.25, -0.2) is 9.18 Å². The maximum Gasteiger partial charge on any atom is 0.330 e. The van der Waals surface area contributed by atoms with Gasteiger partial charge >= 0.3 is 5.69 Å². The van der Waals surface area contributed by atoms with Crippen molar-refractivity contribution in [3.8, 4) is 0 Å². The lowest BCUT2D eigenvalue weighted by Crippen LogP contribution is -2.43. The van der Waals surface area contributed by atoms with Crippen LogP contribution in [0.2, 0.25) is 0 Å². The van der Waals surface area contributed by atoms with Crippen LogP contribution in [0.4, 0.5) is 4.39 Å². The molecule has 1 aromatic heterocycles. The number of hydrogen-bond donors (Lipinski definition) is 1. The summed E-state index contributed by atoms with van der Waals surface area (Å²) in [5.74, 6) is 0. The van der Waals surface area contributed by atoms with Gasteiger partial charge in [0.05, 0.1) is 13.2 Å². The first-order valence-electron chi connectivity index (χ1n) is 8.25. The summed E-state index contributed by atoms with van der Waals surface area (Å²) in [6.07, 6.45) is 0.384. The Morgan fingerprint density at radius 3 is 2.80 bits per heavy atom. The summed E-state index contributed by atoms with van der Waals surface area (Å²) in [7, 11) is 0. The zero-order valence-electron chi connectivity index (χ0n) is 14.0. The number of H-pyrrole nitrogens is 1. The van der Waals surface area contributed by atoms with Crippen LogP contribution in [-0.2, 0) is 16.1 Å². The van der Waals surface area contributed by atoms with Crippen LogP contribution in [0.25, 0.3) is 0 Å². The van der Waals surface area contributed by atoms with Crippen molar-refractivity contribution in [1.82, 2.24) is 9.55 Å². The molecular weight excluding hydrogens is 327 g/mol. The third-order valence-electron chi connectivity index (χ3n) is 4.53. The number of ether oxygens (including phenoxy) is 2. The fourth-order valence-electron chi connectivity index (χ4n) is 3.04. The highest BCUT2D eigenvalue weighted by atomic mass is 19.1. The molecule has 0 radical (unpaired) electrons. The van der Waals surface area contributed by atoms with Crippen molar-refractivity contribution in [2.24, 2.45) is 0 Å². The standard InChI is InChI=1S/C18H21FN2O4/c1-13(19)18(12-24-11-14-5-3-2-4-6-14)9-7-16(25-18)21-10-8-15(22)20-17(21)23/h2-6,8,10,13,16H,7,9,11-12H2,1H3,(H,20,22,23)/t13?,16?,18-/m0/s1. The molecule has 25 heavy (non-hydrogen) atoms. The van der Waals surface area contributed by atoms with E-state index in [1.807, 2.05) is 30.3 Å². The van der Waals surface area contributed by atoms with Gasteiger partial charge in [-0.2, -0.15) is 0 Å². The van der Waals surface area contributed by atoms with E-state index in [2.05, 4.69) is 4.98 Å². The van der Waals surface area contributed by atoms with E-state index in [1.54, 1.807) is 0 Å². The summed E-state index contributed by atoms with van der Waals surface area (Å²) >= 11 is 0. The van der Waals surface area contributed by atoms with Gasteiger partial charge in [0.1, 0.15) is 18.0 Å². The van der Waals surface area contributed by atoms with Crippen LogP contribution in [-0.4, -0.2) is 27.9 Å². The molecule has 1 N–H and O–H groups in total. The molecule has 3 rings (SSSR count). The Kier molecular flexibility index (Phi) is 5.15. The van der Waals surface area contributed by atoms with Gasteiger partial charge in [0, 0.05) is 12.3 Å². The van der Waals surface area contributed by atoms with Crippen LogP contribution < -0.4 is 11.2 Å². The van der Waals surface area contributed by atoms with Gasteiger partial charge in [0.15, 0.2) is 0 Å². The topological polar surface area (TPSA) is 73.3 Å². The van der Waals surface area contributed by atoms with Gasteiger partial charge in [0.25, 0.3) is 5.56 Å². The summed E-state index contributed by atoms with van der Waals surface area (Å²) in [4.78, 5) is 25.3. The molecule has 1 aromatic carbocycles. The molecule has 7 heteroatoms. The monoisotopic (exact) mass is 348 g/mol. The molecule has 1 saturated heterocycles. The Balaban J connectivity index is 1.69. The number of hydrogen-bond acceptors (Lipinski definition) is 4. The molecule has 0 bridgehead atoms. The third-order valence-corrected chi connectivity index (χ3v) is 4.53. The van der Waals surface area contributed by atoms with E-state index >= 15 is 0 Å². The van der Waals surface area contributed by atoms with E-state index in [0.29, 0.717) is 19.4 Å². The predicted molar refractivity (Wildman–Crippen MR) is 90.1 cm³/mol. The molecule has 2 unspecified atom stereocenters. The van der Waals surface area contributed by atoms with E-state index in [4.69, 9.17) is 9.47 Å². The van der Waals surface area contributed by atoms with E-state index in [0.717, 1.165) is 5.56 Å². The molecule has 6 nitrogen and oxygen atoms in total. The maximum absolute atomic E-state index is 14.3. The second kappa shape index (κ2) is 7.33. The van der Waals surface area contributed by atoms with E-state index < -0.39 is 29.2 Å². The highest BCUT2D eigenvalue weighted by Gasteiger charge is 2.46. The Morgan fingerprint density at radius 1 is 1.36 bits per heavy atom. The zero-order valence-corrected chi connectivity index (χ0v) is 14.0. The molecule has 0 amide bonds. The van der Waals surface area contributed by atoms with Gasteiger partial charge in [-0.3, -0.25) is 14.3 Å². The minimum Gasteiger partial charge on any atom is -0.374 e. The van der Waals surface area contributed by atoms with Crippen molar-refractivity contribution in [3.63, 3.8) is 0 Å². The fourth-order valence-corrected chi connectivity index (χ4v) is 3.04. The first kappa shape index (κ1) is 17.6. The van der Waals surface area contributed by atoms with Crippen molar-refractivity contribution in [2.45, 2.75) is 44.4 Å². The molecule has 2 heterocycles. The van der Waals surface area contributed by atoms with Crippen molar-refractivity contribution in [2.75, 3.05) is 6.61 Å². The molecule has 134 valence electrons. The maximum atomic E-state index is 14.3. The SMILES string of the molecule is CC(F)[C@@]1(COCc2ccccc2)CCC(n2ccc(=O)[nH]c2=O)O1. The number of benzene rings is 1. The highest BCUT2D eigenvalue weighted by Crippen LogP contribution is 2.39. The lowest BCUT2D eigenvalue weighted by molar-refractivity contribution is -0.146. The summed E-state index contributed by atoms with van der Waals surface area (Å²) in [6, 6.07) is 10.9. The molecular formula is C18H21FN2O4. The van der Waals surface area contributed by atoms with E-state index in [9.17, 15) is 14.0 Å². The summed E-state index contributed by atoms with van der Waals surface area (Å²) < 4.78 is 27.2. The average molecular weight is 348 g/mol. The number of rotatable bonds is 6. The smallest absolute Gasteiger partial charge is 0.330 e. The van der Waals surface area contributed by atoms with Crippen LogP contribution in [0.1, 0.15) is 31.6 Å². The van der Waals surface area contributed by atoms with Crippen molar-refractivity contribution in [3.05, 3.63) is 69.0 Å². The quantitative estimate of drug-likeness (QED) is 0.868. The first-order chi connectivity index (χ1) is 12.0. The van der Waals surface area contributed by atoms with Gasteiger partial charge in [-0.1, -0.05) is 30.3 Å².